The first-order valence-electron chi connectivity index (χ1n) is 8.87. The van der Waals surface area contributed by atoms with Crippen LogP contribution in [0.3, 0.4) is 0 Å². The second-order valence-electron chi connectivity index (χ2n) is 7.51. The maximum atomic E-state index is 10.8. The summed E-state index contributed by atoms with van der Waals surface area (Å²) in [5.41, 5.74) is -0.360. The van der Waals surface area contributed by atoms with Crippen molar-refractivity contribution in [3.05, 3.63) is 0 Å². The zero-order chi connectivity index (χ0) is 17.1. The molecule has 0 spiro atoms. The second kappa shape index (κ2) is 7.61. The van der Waals surface area contributed by atoms with E-state index < -0.39 is 24.4 Å². The Hall–Kier alpha value is -0.160. The Bertz CT molecular complexity index is 334. The topological polar surface area (TPSA) is 69.9 Å². The van der Waals surface area contributed by atoms with Gasteiger partial charge in [0.2, 0.25) is 0 Å². The summed E-state index contributed by atoms with van der Waals surface area (Å²) >= 11 is 0. The van der Waals surface area contributed by atoms with Crippen LogP contribution in [0.2, 0.25) is 0 Å². The van der Waals surface area contributed by atoms with E-state index in [-0.39, 0.29) is 23.4 Å². The maximum absolute atomic E-state index is 10.8. The largest absolute Gasteiger partial charge is 0.394 e. The smallest absolute Gasteiger partial charge is 0.107 e. The van der Waals surface area contributed by atoms with E-state index in [1.807, 2.05) is 0 Å². The van der Waals surface area contributed by atoms with Crippen molar-refractivity contribution in [3.63, 3.8) is 0 Å². The molecule has 1 saturated heterocycles. The standard InChI is InChI=1S/C18H36O4/c1-7-17(5,8-2)13-12(11-19)22-16(15(21)14(13)20)18(6,9-3)10-4/h12-16,19-21H,7-11H2,1-6H3. The van der Waals surface area contributed by atoms with Crippen molar-refractivity contribution in [1.29, 1.82) is 0 Å². The van der Waals surface area contributed by atoms with Crippen LogP contribution in [-0.4, -0.2) is 46.3 Å². The molecule has 4 nitrogen and oxygen atoms in total. The molecular formula is C18H36O4. The first kappa shape index (κ1) is 19.9. The molecule has 0 aromatic carbocycles. The average Bonchev–Trinajstić information content (AvgIpc) is 2.55. The van der Waals surface area contributed by atoms with Gasteiger partial charge in [0.25, 0.3) is 0 Å². The van der Waals surface area contributed by atoms with Crippen LogP contribution in [0.1, 0.15) is 67.2 Å². The van der Waals surface area contributed by atoms with Crippen LogP contribution in [0.25, 0.3) is 0 Å². The van der Waals surface area contributed by atoms with Crippen molar-refractivity contribution in [3.8, 4) is 0 Å². The molecule has 0 saturated carbocycles. The molecule has 0 aromatic heterocycles. The Morgan fingerprint density at radius 1 is 0.818 bits per heavy atom. The Morgan fingerprint density at radius 2 is 1.27 bits per heavy atom. The summed E-state index contributed by atoms with van der Waals surface area (Å²) in [6, 6.07) is 0. The maximum Gasteiger partial charge on any atom is 0.107 e. The van der Waals surface area contributed by atoms with Gasteiger partial charge in [-0.15, -0.1) is 0 Å². The summed E-state index contributed by atoms with van der Waals surface area (Å²) < 4.78 is 6.17. The summed E-state index contributed by atoms with van der Waals surface area (Å²) in [7, 11) is 0. The van der Waals surface area contributed by atoms with Crippen molar-refractivity contribution in [2.75, 3.05) is 6.61 Å². The van der Waals surface area contributed by atoms with Crippen LogP contribution in [-0.2, 0) is 4.74 Å². The molecule has 3 N–H and O–H groups in total. The molecule has 5 atom stereocenters. The van der Waals surface area contributed by atoms with Gasteiger partial charge < -0.3 is 20.1 Å². The molecule has 1 aliphatic heterocycles. The molecule has 0 aromatic rings. The predicted octanol–water partition coefficient (Wildman–Crippen LogP) is 2.74. The molecule has 4 heteroatoms. The molecular weight excluding hydrogens is 280 g/mol. The quantitative estimate of drug-likeness (QED) is 0.675. The van der Waals surface area contributed by atoms with Gasteiger partial charge in [0.05, 0.1) is 24.9 Å². The minimum Gasteiger partial charge on any atom is -0.394 e. The van der Waals surface area contributed by atoms with Crippen molar-refractivity contribution in [2.24, 2.45) is 16.7 Å². The lowest BCUT2D eigenvalue weighted by Crippen LogP contribution is -2.63. The fourth-order valence-electron chi connectivity index (χ4n) is 3.93. The molecule has 0 amide bonds. The zero-order valence-electron chi connectivity index (χ0n) is 15.2. The molecule has 0 aliphatic carbocycles. The number of rotatable bonds is 7. The van der Waals surface area contributed by atoms with Crippen LogP contribution in [0.4, 0.5) is 0 Å². The van der Waals surface area contributed by atoms with E-state index in [2.05, 4.69) is 41.5 Å². The zero-order valence-corrected chi connectivity index (χ0v) is 15.2. The Labute approximate surface area is 135 Å². The highest BCUT2D eigenvalue weighted by atomic mass is 16.5. The van der Waals surface area contributed by atoms with Gasteiger partial charge in [-0.25, -0.2) is 0 Å². The van der Waals surface area contributed by atoms with Gasteiger partial charge in [0, 0.05) is 5.92 Å². The van der Waals surface area contributed by atoms with E-state index in [9.17, 15) is 15.3 Å². The molecule has 1 heterocycles. The van der Waals surface area contributed by atoms with E-state index in [0.717, 1.165) is 25.7 Å². The third kappa shape index (κ3) is 3.35. The predicted molar refractivity (Wildman–Crippen MR) is 88.6 cm³/mol. The molecule has 132 valence electrons. The highest BCUT2D eigenvalue weighted by Gasteiger charge is 2.54. The Kier molecular flexibility index (Phi) is 6.88. The molecule has 22 heavy (non-hydrogen) atoms. The highest BCUT2D eigenvalue weighted by Crippen LogP contribution is 2.47. The molecule has 0 bridgehead atoms. The Morgan fingerprint density at radius 3 is 1.64 bits per heavy atom. The average molecular weight is 316 g/mol. The first-order valence-corrected chi connectivity index (χ1v) is 8.87. The number of ether oxygens (including phenoxy) is 1. The van der Waals surface area contributed by atoms with Crippen LogP contribution >= 0.6 is 0 Å². The van der Waals surface area contributed by atoms with E-state index in [0.29, 0.717) is 0 Å². The minimum absolute atomic E-state index is 0.121. The van der Waals surface area contributed by atoms with Crippen LogP contribution in [0.5, 0.6) is 0 Å². The van der Waals surface area contributed by atoms with Gasteiger partial charge in [-0.1, -0.05) is 54.4 Å². The van der Waals surface area contributed by atoms with E-state index in [1.54, 1.807) is 0 Å². The molecule has 5 unspecified atom stereocenters. The van der Waals surface area contributed by atoms with Gasteiger partial charge in [-0.05, 0) is 23.7 Å². The van der Waals surface area contributed by atoms with E-state index in [1.165, 1.54) is 0 Å². The lowest BCUT2D eigenvalue weighted by atomic mass is 9.63. The van der Waals surface area contributed by atoms with Gasteiger partial charge in [-0.3, -0.25) is 0 Å². The summed E-state index contributed by atoms with van der Waals surface area (Å²) in [5, 5.41) is 31.4. The van der Waals surface area contributed by atoms with Gasteiger partial charge >= 0.3 is 0 Å². The summed E-state index contributed by atoms with van der Waals surface area (Å²) in [4.78, 5) is 0. The van der Waals surface area contributed by atoms with Crippen molar-refractivity contribution in [1.82, 2.24) is 0 Å². The third-order valence-electron chi connectivity index (χ3n) is 6.65. The third-order valence-corrected chi connectivity index (χ3v) is 6.65. The molecule has 1 aliphatic rings. The van der Waals surface area contributed by atoms with E-state index in [4.69, 9.17) is 4.74 Å². The summed E-state index contributed by atoms with van der Waals surface area (Å²) in [6.45, 7) is 12.4. The van der Waals surface area contributed by atoms with Crippen LogP contribution in [0, 0.1) is 16.7 Å². The molecule has 1 fully saturated rings. The van der Waals surface area contributed by atoms with Gasteiger partial charge in [0.1, 0.15) is 6.10 Å². The fraction of sp³-hybridized carbons (Fsp3) is 1.00. The second-order valence-corrected chi connectivity index (χ2v) is 7.51. The number of aliphatic hydroxyl groups excluding tert-OH is 3. The normalized spacial score (nSPS) is 34.0. The van der Waals surface area contributed by atoms with Crippen molar-refractivity contribution in [2.45, 2.75) is 91.6 Å². The minimum atomic E-state index is -0.907. The number of aliphatic hydroxyl groups is 3. The van der Waals surface area contributed by atoms with Crippen LogP contribution in [0.15, 0.2) is 0 Å². The summed E-state index contributed by atoms with van der Waals surface area (Å²) in [5.74, 6) is -0.253. The van der Waals surface area contributed by atoms with E-state index >= 15 is 0 Å². The fourth-order valence-corrected chi connectivity index (χ4v) is 3.93. The van der Waals surface area contributed by atoms with Gasteiger partial charge in [0.15, 0.2) is 0 Å². The monoisotopic (exact) mass is 316 g/mol. The van der Waals surface area contributed by atoms with Gasteiger partial charge in [-0.2, -0.15) is 0 Å². The highest BCUT2D eigenvalue weighted by molar-refractivity contribution is 5.02. The van der Waals surface area contributed by atoms with Crippen LogP contribution < -0.4 is 0 Å². The lowest BCUT2D eigenvalue weighted by molar-refractivity contribution is -0.258. The first-order chi connectivity index (χ1) is 10.2. The SMILES string of the molecule is CCC(C)(CC)C1OC(CO)C(C(C)(CC)CC)C(O)C1O. The number of hydrogen-bond acceptors (Lipinski definition) is 4. The molecule has 0 radical (unpaired) electrons. The lowest BCUT2D eigenvalue weighted by Gasteiger charge is -2.53. The Balaban J connectivity index is 3.16. The summed E-state index contributed by atoms with van der Waals surface area (Å²) in [6.07, 6.45) is 0.838. The van der Waals surface area contributed by atoms with Crippen molar-refractivity contribution < 1.29 is 20.1 Å². The van der Waals surface area contributed by atoms with Crippen molar-refractivity contribution >= 4 is 0 Å². The molecule has 1 rings (SSSR count). The number of hydrogen-bond donors (Lipinski definition) is 3.